The molecule has 6 heteroatoms. The van der Waals surface area contributed by atoms with Crippen molar-refractivity contribution in [3.05, 3.63) is 101 Å². The number of rotatable bonds is 5. The Balaban J connectivity index is 1.63. The summed E-state index contributed by atoms with van der Waals surface area (Å²) in [6, 6.07) is 20.5. The van der Waals surface area contributed by atoms with Crippen molar-refractivity contribution < 1.29 is 9.59 Å². The standard InChI is InChI=1S/C25H18N4O2/c26-13-12-17-4-8-20(9-5-17)28-16-23-22-15-18(6-10-19-3-1-2-14-27-19)7-11-21(22)24(30)29-25(23)31/h1-11,14-16,28H,12H2,(H,29,30,31). The molecule has 6 nitrogen and oxygen atoms in total. The summed E-state index contributed by atoms with van der Waals surface area (Å²) in [5, 5.41) is 14.3. The second-order valence-corrected chi connectivity index (χ2v) is 6.91. The van der Waals surface area contributed by atoms with Crippen molar-refractivity contribution in [2.24, 2.45) is 0 Å². The molecule has 3 aromatic rings. The van der Waals surface area contributed by atoms with Gasteiger partial charge in [0.05, 0.1) is 23.8 Å². The maximum Gasteiger partial charge on any atom is 0.260 e. The lowest BCUT2D eigenvalue weighted by Gasteiger charge is -2.19. The average Bonchev–Trinajstić information content (AvgIpc) is 2.79. The number of nitriles is 1. The molecule has 0 bridgehead atoms. The number of amides is 2. The smallest absolute Gasteiger partial charge is 0.260 e. The molecule has 0 spiro atoms. The molecule has 0 saturated carbocycles. The van der Waals surface area contributed by atoms with Crippen LogP contribution in [0.15, 0.2) is 73.1 Å². The largest absolute Gasteiger partial charge is 0.361 e. The number of aromatic nitrogens is 1. The molecular formula is C25H18N4O2. The van der Waals surface area contributed by atoms with Crippen LogP contribution in [0.25, 0.3) is 17.7 Å². The summed E-state index contributed by atoms with van der Waals surface area (Å²) in [5.41, 5.74) is 4.70. The number of hydrogen-bond acceptors (Lipinski definition) is 5. The first kappa shape index (κ1) is 19.8. The van der Waals surface area contributed by atoms with Gasteiger partial charge in [-0.25, -0.2) is 0 Å². The van der Waals surface area contributed by atoms with E-state index in [2.05, 4.69) is 21.7 Å². The molecule has 150 valence electrons. The second-order valence-electron chi connectivity index (χ2n) is 6.91. The molecule has 0 fully saturated rings. The molecule has 2 amide bonds. The fraction of sp³-hybridized carbons (Fsp3) is 0.0400. The fourth-order valence-corrected chi connectivity index (χ4v) is 3.21. The molecule has 1 aliphatic rings. The van der Waals surface area contributed by atoms with Gasteiger partial charge in [-0.05, 0) is 53.6 Å². The molecule has 2 aromatic carbocycles. The van der Waals surface area contributed by atoms with Gasteiger partial charge in [0.15, 0.2) is 0 Å². The van der Waals surface area contributed by atoms with Crippen LogP contribution in [0.1, 0.15) is 32.7 Å². The van der Waals surface area contributed by atoms with E-state index in [4.69, 9.17) is 5.26 Å². The third kappa shape index (κ3) is 4.57. The van der Waals surface area contributed by atoms with Crippen molar-refractivity contribution in [3.8, 4) is 6.07 Å². The molecule has 0 unspecified atom stereocenters. The van der Waals surface area contributed by atoms with Gasteiger partial charge in [0.25, 0.3) is 11.8 Å². The molecule has 0 atom stereocenters. The van der Waals surface area contributed by atoms with Crippen molar-refractivity contribution in [3.63, 3.8) is 0 Å². The highest BCUT2D eigenvalue weighted by Crippen LogP contribution is 2.26. The Morgan fingerprint density at radius 2 is 1.81 bits per heavy atom. The molecule has 0 saturated heterocycles. The van der Waals surface area contributed by atoms with E-state index in [1.54, 1.807) is 18.5 Å². The van der Waals surface area contributed by atoms with Gasteiger partial charge >= 0.3 is 0 Å². The number of nitrogens with zero attached hydrogens (tertiary/aromatic N) is 2. The van der Waals surface area contributed by atoms with Gasteiger partial charge in [0, 0.05) is 29.2 Å². The third-order valence-electron chi connectivity index (χ3n) is 4.80. The summed E-state index contributed by atoms with van der Waals surface area (Å²) >= 11 is 0. The minimum atomic E-state index is -0.461. The number of imide groups is 1. The lowest BCUT2D eigenvalue weighted by atomic mass is 9.93. The first-order valence-electron chi connectivity index (χ1n) is 9.66. The summed E-state index contributed by atoms with van der Waals surface area (Å²) in [6.07, 6.45) is 7.41. The Labute approximate surface area is 179 Å². The second kappa shape index (κ2) is 8.89. The van der Waals surface area contributed by atoms with Crippen LogP contribution in [0.4, 0.5) is 5.69 Å². The summed E-state index contributed by atoms with van der Waals surface area (Å²) in [5.74, 6) is -0.879. The lowest BCUT2D eigenvalue weighted by Crippen LogP contribution is -2.36. The molecule has 4 rings (SSSR count). The van der Waals surface area contributed by atoms with Gasteiger partial charge in [0.2, 0.25) is 0 Å². The number of carbonyl (C=O) groups is 2. The van der Waals surface area contributed by atoms with E-state index in [0.717, 1.165) is 22.5 Å². The predicted molar refractivity (Wildman–Crippen MR) is 119 cm³/mol. The summed E-state index contributed by atoms with van der Waals surface area (Å²) in [6.45, 7) is 0. The van der Waals surface area contributed by atoms with Gasteiger partial charge in [-0.15, -0.1) is 0 Å². The Morgan fingerprint density at radius 3 is 2.55 bits per heavy atom. The van der Waals surface area contributed by atoms with E-state index in [1.807, 2.05) is 66.7 Å². The maximum atomic E-state index is 12.5. The number of nitrogens with one attached hydrogen (secondary N) is 2. The van der Waals surface area contributed by atoms with E-state index in [1.165, 1.54) is 0 Å². The molecule has 1 aliphatic heterocycles. The van der Waals surface area contributed by atoms with Crippen molar-refractivity contribution in [2.45, 2.75) is 6.42 Å². The first-order chi connectivity index (χ1) is 15.1. The highest BCUT2D eigenvalue weighted by Gasteiger charge is 2.27. The SMILES string of the molecule is N#CCc1ccc(NC=C2C(=O)NC(=O)c3ccc(C=Cc4ccccn4)cc32)cc1. The van der Waals surface area contributed by atoms with E-state index >= 15 is 0 Å². The highest BCUT2D eigenvalue weighted by atomic mass is 16.2. The summed E-state index contributed by atoms with van der Waals surface area (Å²) < 4.78 is 0. The summed E-state index contributed by atoms with van der Waals surface area (Å²) in [4.78, 5) is 29.0. The van der Waals surface area contributed by atoms with Gasteiger partial charge in [-0.3, -0.25) is 19.9 Å². The lowest BCUT2D eigenvalue weighted by molar-refractivity contribution is -0.114. The number of hydrogen-bond donors (Lipinski definition) is 2. The molecule has 0 aliphatic carbocycles. The highest BCUT2D eigenvalue weighted by molar-refractivity contribution is 6.31. The monoisotopic (exact) mass is 406 g/mol. The normalized spacial score (nSPS) is 14.2. The number of fused-ring (bicyclic) bond motifs is 1. The fourth-order valence-electron chi connectivity index (χ4n) is 3.21. The maximum absolute atomic E-state index is 12.5. The zero-order valence-electron chi connectivity index (χ0n) is 16.5. The molecule has 2 heterocycles. The third-order valence-corrected chi connectivity index (χ3v) is 4.80. The van der Waals surface area contributed by atoms with Crippen LogP contribution in [0, 0.1) is 11.3 Å². The van der Waals surface area contributed by atoms with Gasteiger partial charge in [0.1, 0.15) is 0 Å². The van der Waals surface area contributed by atoms with Crippen molar-refractivity contribution in [1.82, 2.24) is 10.3 Å². The molecule has 1 aromatic heterocycles. The van der Waals surface area contributed by atoms with Crippen molar-refractivity contribution in [1.29, 1.82) is 5.26 Å². The Bertz CT molecular complexity index is 1240. The molecule has 31 heavy (non-hydrogen) atoms. The van der Waals surface area contributed by atoms with Gasteiger partial charge in [-0.2, -0.15) is 5.26 Å². The van der Waals surface area contributed by atoms with Crippen molar-refractivity contribution >= 4 is 35.2 Å². The number of pyridine rings is 1. The van der Waals surface area contributed by atoms with Crippen LogP contribution in [0.5, 0.6) is 0 Å². The van der Waals surface area contributed by atoms with Crippen LogP contribution < -0.4 is 10.6 Å². The van der Waals surface area contributed by atoms with E-state index < -0.39 is 11.8 Å². The Kier molecular flexibility index (Phi) is 5.68. The number of carbonyl (C=O) groups excluding carboxylic acids is 2. The molecule has 2 N–H and O–H groups in total. The minimum Gasteiger partial charge on any atom is -0.361 e. The van der Waals surface area contributed by atoms with Crippen LogP contribution in [0.3, 0.4) is 0 Å². The van der Waals surface area contributed by atoms with E-state index in [-0.39, 0.29) is 0 Å². The molecular weight excluding hydrogens is 388 g/mol. The zero-order valence-corrected chi connectivity index (χ0v) is 16.5. The predicted octanol–water partition coefficient (Wildman–Crippen LogP) is 4.04. The van der Waals surface area contributed by atoms with E-state index in [9.17, 15) is 9.59 Å². The van der Waals surface area contributed by atoms with Crippen LogP contribution in [-0.2, 0) is 11.2 Å². The minimum absolute atomic E-state index is 0.341. The number of benzene rings is 2. The number of anilines is 1. The van der Waals surface area contributed by atoms with E-state index in [0.29, 0.717) is 23.1 Å². The Morgan fingerprint density at radius 1 is 0.968 bits per heavy atom. The van der Waals surface area contributed by atoms with Crippen LogP contribution in [0.2, 0.25) is 0 Å². The van der Waals surface area contributed by atoms with Crippen LogP contribution in [-0.4, -0.2) is 16.8 Å². The first-order valence-corrected chi connectivity index (χ1v) is 9.66. The quantitative estimate of drug-likeness (QED) is 0.493. The van der Waals surface area contributed by atoms with Crippen molar-refractivity contribution in [2.75, 3.05) is 5.32 Å². The summed E-state index contributed by atoms with van der Waals surface area (Å²) in [7, 11) is 0. The topological polar surface area (TPSA) is 94.9 Å². The zero-order chi connectivity index (χ0) is 21.6. The van der Waals surface area contributed by atoms with Crippen LogP contribution >= 0.6 is 0 Å². The Hall–Kier alpha value is -4.50. The van der Waals surface area contributed by atoms with Gasteiger partial charge < -0.3 is 5.32 Å². The van der Waals surface area contributed by atoms with Gasteiger partial charge in [-0.1, -0.05) is 30.3 Å². The average molecular weight is 406 g/mol. The molecule has 0 radical (unpaired) electrons.